The smallest absolute Gasteiger partial charge is 0.232 e. The molecule has 0 spiro atoms. The Morgan fingerprint density at radius 2 is 2.00 bits per heavy atom. The van der Waals surface area contributed by atoms with Crippen LogP contribution in [0.15, 0.2) is 0 Å². The standard InChI is InChI=1S/C9H15NO2/c1-6-4-7(11)10-8(12)9(2,3)5-6/h6H,4-5H2,1-3H3,(H,10,11,12). The van der Waals surface area contributed by atoms with Crippen LogP contribution in [0.3, 0.4) is 0 Å². The molecule has 0 aliphatic carbocycles. The maximum absolute atomic E-state index is 11.4. The van der Waals surface area contributed by atoms with Crippen molar-refractivity contribution < 1.29 is 9.59 Å². The Morgan fingerprint density at radius 3 is 2.58 bits per heavy atom. The van der Waals surface area contributed by atoms with Crippen LogP contribution in [-0.2, 0) is 9.59 Å². The van der Waals surface area contributed by atoms with E-state index >= 15 is 0 Å². The van der Waals surface area contributed by atoms with E-state index in [0.29, 0.717) is 12.3 Å². The first-order valence-electron chi connectivity index (χ1n) is 4.26. The first-order chi connectivity index (χ1) is 5.42. The zero-order valence-electron chi connectivity index (χ0n) is 7.81. The molecule has 1 N–H and O–H groups in total. The predicted molar refractivity (Wildman–Crippen MR) is 45.3 cm³/mol. The normalized spacial score (nSPS) is 29.4. The third-order valence-corrected chi connectivity index (χ3v) is 2.26. The topological polar surface area (TPSA) is 46.2 Å². The van der Waals surface area contributed by atoms with Crippen LogP contribution in [0.5, 0.6) is 0 Å². The fourth-order valence-electron chi connectivity index (χ4n) is 1.70. The Hall–Kier alpha value is -0.860. The molecular weight excluding hydrogens is 154 g/mol. The molecule has 1 heterocycles. The summed E-state index contributed by atoms with van der Waals surface area (Å²) in [5, 5.41) is 2.38. The van der Waals surface area contributed by atoms with Crippen LogP contribution in [0.1, 0.15) is 33.6 Å². The number of imide groups is 1. The zero-order chi connectivity index (χ0) is 9.35. The van der Waals surface area contributed by atoms with Crippen molar-refractivity contribution in [2.75, 3.05) is 0 Å². The third kappa shape index (κ3) is 1.84. The van der Waals surface area contributed by atoms with Gasteiger partial charge < -0.3 is 0 Å². The average Bonchev–Trinajstić information content (AvgIpc) is 1.89. The first-order valence-corrected chi connectivity index (χ1v) is 4.26. The second-order valence-corrected chi connectivity index (χ2v) is 4.27. The van der Waals surface area contributed by atoms with Gasteiger partial charge in [-0.25, -0.2) is 0 Å². The quantitative estimate of drug-likeness (QED) is 0.552. The van der Waals surface area contributed by atoms with Crippen LogP contribution in [0, 0.1) is 11.3 Å². The summed E-state index contributed by atoms with van der Waals surface area (Å²) in [6.45, 7) is 5.74. The van der Waals surface area contributed by atoms with E-state index in [1.165, 1.54) is 0 Å². The Labute approximate surface area is 72.5 Å². The van der Waals surface area contributed by atoms with Crippen molar-refractivity contribution in [1.82, 2.24) is 5.32 Å². The van der Waals surface area contributed by atoms with Crippen molar-refractivity contribution in [2.45, 2.75) is 33.6 Å². The molecule has 0 saturated carbocycles. The molecule has 0 bridgehead atoms. The molecule has 0 aromatic rings. The average molecular weight is 169 g/mol. The summed E-state index contributed by atoms with van der Waals surface area (Å²) >= 11 is 0. The van der Waals surface area contributed by atoms with E-state index in [1.807, 2.05) is 20.8 Å². The molecule has 0 radical (unpaired) electrons. The fourth-order valence-corrected chi connectivity index (χ4v) is 1.70. The third-order valence-electron chi connectivity index (χ3n) is 2.26. The summed E-state index contributed by atoms with van der Waals surface area (Å²) in [6, 6.07) is 0. The van der Waals surface area contributed by atoms with Gasteiger partial charge in [0, 0.05) is 11.8 Å². The summed E-state index contributed by atoms with van der Waals surface area (Å²) in [6.07, 6.45) is 1.25. The maximum Gasteiger partial charge on any atom is 0.232 e. The van der Waals surface area contributed by atoms with Gasteiger partial charge in [-0.15, -0.1) is 0 Å². The van der Waals surface area contributed by atoms with Gasteiger partial charge in [-0.05, 0) is 12.3 Å². The number of rotatable bonds is 0. The van der Waals surface area contributed by atoms with Gasteiger partial charge in [0.05, 0.1) is 0 Å². The highest BCUT2D eigenvalue weighted by atomic mass is 16.2. The van der Waals surface area contributed by atoms with E-state index in [0.717, 1.165) is 6.42 Å². The van der Waals surface area contributed by atoms with Crippen LogP contribution in [0.4, 0.5) is 0 Å². The molecule has 0 aromatic heterocycles. The van der Waals surface area contributed by atoms with Crippen LogP contribution < -0.4 is 5.32 Å². The predicted octanol–water partition coefficient (Wildman–Crippen LogP) is 1.09. The van der Waals surface area contributed by atoms with Crippen LogP contribution in [0.25, 0.3) is 0 Å². The van der Waals surface area contributed by atoms with Gasteiger partial charge in [0.25, 0.3) is 0 Å². The highest BCUT2D eigenvalue weighted by Crippen LogP contribution is 2.29. The molecule has 3 nitrogen and oxygen atoms in total. The molecular formula is C9H15NO2. The van der Waals surface area contributed by atoms with Crippen LogP contribution in [0.2, 0.25) is 0 Å². The lowest BCUT2D eigenvalue weighted by molar-refractivity contribution is -0.134. The molecule has 1 rings (SSSR count). The lowest BCUT2D eigenvalue weighted by Gasteiger charge is -2.21. The van der Waals surface area contributed by atoms with Crippen LogP contribution in [-0.4, -0.2) is 11.8 Å². The Kier molecular flexibility index (Phi) is 2.22. The van der Waals surface area contributed by atoms with Gasteiger partial charge in [-0.2, -0.15) is 0 Å². The minimum absolute atomic E-state index is 0.141. The molecule has 1 unspecified atom stereocenters. The van der Waals surface area contributed by atoms with Crippen molar-refractivity contribution >= 4 is 11.8 Å². The summed E-state index contributed by atoms with van der Waals surface area (Å²) < 4.78 is 0. The van der Waals surface area contributed by atoms with E-state index in [4.69, 9.17) is 0 Å². The van der Waals surface area contributed by atoms with Gasteiger partial charge in [0.1, 0.15) is 0 Å². The molecule has 3 heteroatoms. The SMILES string of the molecule is CC1CC(=O)NC(=O)C(C)(C)C1. The van der Waals surface area contributed by atoms with Crippen molar-refractivity contribution in [3.05, 3.63) is 0 Å². The molecule has 0 aromatic carbocycles. The van der Waals surface area contributed by atoms with Crippen LogP contribution >= 0.6 is 0 Å². The summed E-state index contributed by atoms with van der Waals surface area (Å²) in [5.41, 5.74) is -0.397. The number of carbonyl (C=O) groups excluding carboxylic acids is 2. The van der Waals surface area contributed by atoms with E-state index in [-0.39, 0.29) is 11.8 Å². The summed E-state index contributed by atoms with van der Waals surface area (Å²) in [7, 11) is 0. The highest BCUT2D eigenvalue weighted by Gasteiger charge is 2.34. The van der Waals surface area contributed by atoms with Gasteiger partial charge in [-0.1, -0.05) is 20.8 Å². The maximum atomic E-state index is 11.4. The minimum Gasteiger partial charge on any atom is -0.296 e. The number of amides is 2. The number of nitrogens with one attached hydrogen (secondary N) is 1. The molecule has 1 aliphatic rings. The molecule has 1 fully saturated rings. The fraction of sp³-hybridized carbons (Fsp3) is 0.778. The lowest BCUT2D eigenvalue weighted by atomic mass is 9.83. The largest absolute Gasteiger partial charge is 0.296 e. The molecule has 1 saturated heterocycles. The van der Waals surface area contributed by atoms with Gasteiger partial charge in [0.2, 0.25) is 11.8 Å². The first kappa shape index (κ1) is 9.23. The van der Waals surface area contributed by atoms with Crippen molar-refractivity contribution in [2.24, 2.45) is 11.3 Å². The van der Waals surface area contributed by atoms with Gasteiger partial charge in [-0.3, -0.25) is 14.9 Å². The Bertz CT molecular complexity index is 221. The van der Waals surface area contributed by atoms with E-state index in [9.17, 15) is 9.59 Å². The summed E-state index contributed by atoms with van der Waals surface area (Å²) in [5.74, 6) is 0.0152. The van der Waals surface area contributed by atoms with E-state index < -0.39 is 5.41 Å². The molecule has 12 heavy (non-hydrogen) atoms. The van der Waals surface area contributed by atoms with Crippen molar-refractivity contribution in [3.8, 4) is 0 Å². The molecule has 68 valence electrons. The Balaban J connectivity index is 2.82. The van der Waals surface area contributed by atoms with Crippen molar-refractivity contribution in [3.63, 3.8) is 0 Å². The molecule has 1 aliphatic heterocycles. The van der Waals surface area contributed by atoms with Crippen molar-refractivity contribution in [1.29, 1.82) is 0 Å². The minimum atomic E-state index is -0.397. The number of hydrogen-bond acceptors (Lipinski definition) is 2. The number of hydrogen-bond donors (Lipinski definition) is 1. The van der Waals surface area contributed by atoms with E-state index in [2.05, 4.69) is 5.32 Å². The number of carbonyl (C=O) groups is 2. The molecule has 2 amide bonds. The highest BCUT2D eigenvalue weighted by molar-refractivity contribution is 5.98. The second-order valence-electron chi connectivity index (χ2n) is 4.27. The van der Waals surface area contributed by atoms with Gasteiger partial charge in [0.15, 0.2) is 0 Å². The van der Waals surface area contributed by atoms with E-state index in [1.54, 1.807) is 0 Å². The lowest BCUT2D eigenvalue weighted by Crippen LogP contribution is -2.37. The van der Waals surface area contributed by atoms with Gasteiger partial charge >= 0.3 is 0 Å². The summed E-state index contributed by atoms with van der Waals surface area (Å²) in [4.78, 5) is 22.4. The monoisotopic (exact) mass is 169 g/mol. The molecule has 1 atom stereocenters. The Morgan fingerprint density at radius 1 is 1.42 bits per heavy atom. The zero-order valence-corrected chi connectivity index (χ0v) is 7.81. The second kappa shape index (κ2) is 2.88.